The van der Waals surface area contributed by atoms with E-state index >= 15 is 4.79 Å². The fourth-order valence-electron chi connectivity index (χ4n) is 7.42. The number of nitrogens with zero attached hydrogens (tertiary/aromatic N) is 1. The molecule has 4 heterocycles. The van der Waals surface area contributed by atoms with Crippen LogP contribution < -0.4 is 10.2 Å². The summed E-state index contributed by atoms with van der Waals surface area (Å²) < 4.78 is 12.1. The average Bonchev–Trinajstić information content (AvgIpc) is 3.81. The van der Waals surface area contributed by atoms with E-state index in [1.165, 1.54) is 6.26 Å². The van der Waals surface area contributed by atoms with Crippen molar-refractivity contribution in [2.75, 3.05) is 10.2 Å². The normalized spacial score (nSPS) is 22.6. The first kappa shape index (κ1) is 26.9. The summed E-state index contributed by atoms with van der Waals surface area (Å²) in [6.07, 6.45) is 4.57. The summed E-state index contributed by atoms with van der Waals surface area (Å²) in [6, 6.07) is 35.5. The van der Waals surface area contributed by atoms with E-state index in [1.807, 2.05) is 126 Å². The van der Waals surface area contributed by atoms with Crippen molar-refractivity contribution in [1.29, 1.82) is 0 Å². The molecule has 1 saturated heterocycles. The van der Waals surface area contributed by atoms with Crippen LogP contribution in [0.2, 0.25) is 0 Å². The van der Waals surface area contributed by atoms with Gasteiger partial charge in [-0.05, 0) is 46.5 Å². The van der Waals surface area contributed by atoms with Crippen LogP contribution in [-0.2, 0) is 19.7 Å². The van der Waals surface area contributed by atoms with Gasteiger partial charge in [-0.2, -0.15) is 0 Å². The zero-order chi connectivity index (χ0) is 30.5. The van der Waals surface area contributed by atoms with Crippen molar-refractivity contribution in [1.82, 2.24) is 0 Å². The van der Waals surface area contributed by atoms with E-state index in [-0.39, 0.29) is 11.7 Å². The molecule has 7 heteroatoms. The number of nitrogens with one attached hydrogen (secondary N) is 1. The van der Waals surface area contributed by atoms with Crippen LogP contribution in [0.1, 0.15) is 38.9 Å². The van der Waals surface area contributed by atoms with Crippen molar-refractivity contribution in [3.8, 4) is 0 Å². The molecule has 1 N–H and O–H groups in total. The monoisotopic (exact) mass is 592 g/mol. The summed E-state index contributed by atoms with van der Waals surface area (Å²) in [5, 5.41) is 3.04. The Bertz CT molecular complexity index is 1910. The smallest absolute Gasteiger partial charge is 0.314 e. The lowest BCUT2D eigenvalue weighted by atomic mass is 9.66. The highest BCUT2D eigenvalue weighted by molar-refractivity contribution is 6.15. The molecule has 4 atom stereocenters. The van der Waals surface area contributed by atoms with E-state index in [4.69, 9.17) is 9.15 Å². The van der Waals surface area contributed by atoms with Gasteiger partial charge in [0.25, 0.3) is 0 Å². The van der Waals surface area contributed by atoms with Gasteiger partial charge in [0.1, 0.15) is 17.4 Å². The van der Waals surface area contributed by atoms with Crippen LogP contribution in [0.25, 0.3) is 6.08 Å². The predicted octanol–water partition coefficient (Wildman–Crippen LogP) is 6.59. The number of amides is 1. The molecule has 1 spiro atoms. The van der Waals surface area contributed by atoms with Crippen LogP contribution in [-0.4, -0.2) is 29.7 Å². The highest BCUT2D eigenvalue weighted by atomic mass is 16.5. The van der Waals surface area contributed by atoms with Gasteiger partial charge in [-0.25, -0.2) is 0 Å². The number of hydrogen-bond acceptors (Lipinski definition) is 6. The highest BCUT2D eigenvalue weighted by Gasteiger charge is 2.71. The van der Waals surface area contributed by atoms with Gasteiger partial charge in [0.15, 0.2) is 11.9 Å². The number of benzene rings is 4. The lowest BCUT2D eigenvalue weighted by molar-refractivity contribution is -0.156. The second-order valence-electron chi connectivity index (χ2n) is 11.5. The van der Waals surface area contributed by atoms with Crippen molar-refractivity contribution >= 4 is 35.1 Å². The number of rotatable bonds is 6. The number of hydrogen-bond donors (Lipinski definition) is 1. The van der Waals surface area contributed by atoms with E-state index in [0.717, 1.165) is 22.4 Å². The summed E-state index contributed by atoms with van der Waals surface area (Å²) in [7, 11) is 0. The van der Waals surface area contributed by atoms with Crippen LogP contribution in [0.3, 0.4) is 0 Å². The minimum Gasteiger partial charge on any atom is -0.461 e. The molecule has 45 heavy (non-hydrogen) atoms. The summed E-state index contributed by atoms with van der Waals surface area (Å²) in [4.78, 5) is 46.0. The Kier molecular flexibility index (Phi) is 6.27. The number of carbonyl (C=O) groups excluding carboxylic acids is 3. The average molecular weight is 593 g/mol. The standard InChI is InChI=1S/C38H28N2O5/c41-34(30-20-11-23-44-30)33-32(36(42)45-35(25-13-3-1-4-14-25)26-15-5-2-6-16-26)38(27-17-8-9-18-28(27)39-37(38)43)31-22-21-24-12-7-10-19-29(24)40(31)33/h1-23,31-33,35H,(H,39,43). The summed E-state index contributed by atoms with van der Waals surface area (Å²) in [5.41, 5.74) is 2.98. The molecule has 4 unspecified atom stereocenters. The van der Waals surface area contributed by atoms with Crippen LogP contribution in [0, 0.1) is 5.92 Å². The molecule has 5 aromatic rings. The molecule has 0 aliphatic carbocycles. The number of fused-ring (bicyclic) bond motifs is 6. The summed E-state index contributed by atoms with van der Waals surface area (Å²) in [6.45, 7) is 0. The number of para-hydroxylation sites is 2. The fraction of sp³-hybridized carbons (Fsp3) is 0.132. The molecule has 1 fully saturated rings. The maximum atomic E-state index is 15.0. The molecular weight excluding hydrogens is 564 g/mol. The van der Waals surface area contributed by atoms with E-state index in [1.54, 1.807) is 12.1 Å². The van der Waals surface area contributed by atoms with Crippen molar-refractivity contribution in [2.24, 2.45) is 5.92 Å². The fourth-order valence-corrected chi connectivity index (χ4v) is 7.42. The first-order valence-electron chi connectivity index (χ1n) is 14.9. The van der Waals surface area contributed by atoms with Gasteiger partial charge in [0.2, 0.25) is 11.7 Å². The van der Waals surface area contributed by atoms with Gasteiger partial charge in [-0.15, -0.1) is 0 Å². The van der Waals surface area contributed by atoms with E-state index in [2.05, 4.69) is 5.32 Å². The Morgan fingerprint density at radius 2 is 1.47 bits per heavy atom. The van der Waals surface area contributed by atoms with E-state index in [9.17, 15) is 9.59 Å². The Morgan fingerprint density at radius 3 is 2.18 bits per heavy atom. The zero-order valence-corrected chi connectivity index (χ0v) is 24.1. The Hall–Kier alpha value is -5.69. The largest absolute Gasteiger partial charge is 0.461 e. The van der Waals surface area contributed by atoms with Gasteiger partial charge < -0.3 is 19.4 Å². The molecule has 1 aromatic heterocycles. The third-order valence-electron chi connectivity index (χ3n) is 9.27. The van der Waals surface area contributed by atoms with Gasteiger partial charge in [0, 0.05) is 11.4 Å². The second-order valence-corrected chi connectivity index (χ2v) is 11.5. The third kappa shape index (κ3) is 4.00. The lowest BCUT2D eigenvalue weighted by Crippen LogP contribution is -2.51. The van der Waals surface area contributed by atoms with Gasteiger partial charge in [-0.3, -0.25) is 14.4 Å². The zero-order valence-electron chi connectivity index (χ0n) is 24.1. The number of furan rings is 1. The molecule has 3 aliphatic rings. The van der Waals surface area contributed by atoms with Crippen molar-refractivity contribution in [3.05, 3.63) is 162 Å². The van der Waals surface area contributed by atoms with E-state index in [0.29, 0.717) is 11.3 Å². The Labute approximate surface area is 259 Å². The number of anilines is 2. The predicted molar refractivity (Wildman–Crippen MR) is 170 cm³/mol. The number of carbonyl (C=O) groups is 3. The van der Waals surface area contributed by atoms with Crippen molar-refractivity contribution in [3.63, 3.8) is 0 Å². The SMILES string of the molecule is O=C(c1ccco1)C1C(C(=O)OC(c2ccccc2)c2ccccc2)C2(C(=O)Nc3ccccc32)C2C=Cc3ccccc3N12. The topological polar surface area (TPSA) is 88.9 Å². The van der Waals surface area contributed by atoms with Gasteiger partial charge in [-0.1, -0.05) is 109 Å². The van der Waals surface area contributed by atoms with Gasteiger partial charge >= 0.3 is 5.97 Å². The van der Waals surface area contributed by atoms with Crippen molar-refractivity contribution < 1.29 is 23.5 Å². The molecule has 220 valence electrons. The first-order valence-corrected chi connectivity index (χ1v) is 14.9. The van der Waals surface area contributed by atoms with Crippen LogP contribution >= 0.6 is 0 Å². The third-order valence-corrected chi connectivity index (χ3v) is 9.27. The summed E-state index contributed by atoms with van der Waals surface area (Å²) in [5.74, 6) is -2.52. The number of Topliss-reactive ketones (excluding diaryl/α,β-unsaturated/α-hetero) is 1. The Balaban J connectivity index is 1.35. The molecule has 0 saturated carbocycles. The molecule has 1 amide bonds. The molecule has 8 rings (SSSR count). The molecule has 4 aromatic carbocycles. The number of ketones is 1. The Morgan fingerprint density at radius 1 is 0.800 bits per heavy atom. The highest BCUT2D eigenvalue weighted by Crippen LogP contribution is 2.58. The van der Waals surface area contributed by atoms with E-state index < -0.39 is 41.3 Å². The van der Waals surface area contributed by atoms with Crippen LogP contribution in [0.5, 0.6) is 0 Å². The van der Waals surface area contributed by atoms with Crippen LogP contribution in [0.15, 0.2) is 138 Å². The summed E-state index contributed by atoms with van der Waals surface area (Å²) >= 11 is 0. The molecule has 0 bridgehead atoms. The van der Waals surface area contributed by atoms with Gasteiger partial charge in [0.05, 0.1) is 12.3 Å². The lowest BCUT2D eigenvalue weighted by Gasteiger charge is -2.37. The minimum absolute atomic E-state index is 0.106. The second kappa shape index (κ2) is 10.5. The molecule has 0 radical (unpaired) electrons. The first-order chi connectivity index (χ1) is 22.1. The van der Waals surface area contributed by atoms with Crippen LogP contribution in [0.4, 0.5) is 11.4 Å². The number of esters is 1. The molecule has 7 nitrogen and oxygen atoms in total. The molecule has 3 aliphatic heterocycles. The minimum atomic E-state index is -1.47. The quantitative estimate of drug-likeness (QED) is 0.177. The van der Waals surface area contributed by atoms with Crippen molar-refractivity contribution in [2.45, 2.75) is 23.6 Å². The number of ether oxygens (including phenoxy) is 1. The maximum Gasteiger partial charge on any atom is 0.314 e. The molecular formula is C38H28N2O5. The maximum absolute atomic E-state index is 15.0.